The van der Waals surface area contributed by atoms with E-state index in [1.165, 1.54) is 6.42 Å². The minimum atomic E-state index is -0.104. The van der Waals surface area contributed by atoms with Gasteiger partial charge >= 0.3 is 0 Å². The Kier molecular flexibility index (Phi) is 4.53. The van der Waals surface area contributed by atoms with E-state index in [2.05, 4.69) is 19.2 Å². The Hall–Kier alpha value is -1.71. The number of anilines is 1. The predicted octanol–water partition coefficient (Wildman–Crippen LogP) is 2.83. The van der Waals surface area contributed by atoms with Crippen LogP contribution in [0.15, 0.2) is 18.2 Å². The van der Waals surface area contributed by atoms with Crippen molar-refractivity contribution in [2.75, 3.05) is 12.8 Å². The number of benzene rings is 1. The highest BCUT2D eigenvalue weighted by molar-refractivity contribution is 5.99. The summed E-state index contributed by atoms with van der Waals surface area (Å²) in [4.78, 5) is 12.4. The second-order valence-electron chi connectivity index (χ2n) is 6.04. The summed E-state index contributed by atoms with van der Waals surface area (Å²) in [5, 5.41) is 3.11. The van der Waals surface area contributed by atoms with Gasteiger partial charge in [0, 0.05) is 11.7 Å². The van der Waals surface area contributed by atoms with Gasteiger partial charge in [-0.3, -0.25) is 4.79 Å². The van der Waals surface area contributed by atoms with Crippen molar-refractivity contribution in [3.8, 4) is 5.75 Å². The van der Waals surface area contributed by atoms with Crippen LogP contribution in [0.2, 0.25) is 0 Å². The average molecular weight is 276 g/mol. The van der Waals surface area contributed by atoms with Gasteiger partial charge in [0.25, 0.3) is 5.91 Å². The van der Waals surface area contributed by atoms with Crippen LogP contribution in [0.25, 0.3) is 0 Å². The van der Waals surface area contributed by atoms with E-state index in [0.29, 0.717) is 28.8 Å². The molecule has 0 radical (unpaired) electrons. The molecular formula is C16H24N2O2. The molecule has 0 bridgehead atoms. The van der Waals surface area contributed by atoms with Gasteiger partial charge in [0.15, 0.2) is 0 Å². The molecule has 0 heterocycles. The Labute approximate surface area is 120 Å². The topological polar surface area (TPSA) is 64.3 Å². The largest absolute Gasteiger partial charge is 0.497 e. The molecular weight excluding hydrogens is 252 g/mol. The lowest BCUT2D eigenvalue weighted by molar-refractivity contribution is 0.0912. The van der Waals surface area contributed by atoms with Crippen molar-refractivity contribution in [2.24, 2.45) is 11.8 Å². The van der Waals surface area contributed by atoms with Crippen LogP contribution in [0.5, 0.6) is 5.75 Å². The molecule has 1 aliphatic carbocycles. The standard InChI is InChI=1S/C16H24N2O2/c1-10-6-11(2)8-12(7-10)18-16(19)14-9-13(20-3)4-5-15(14)17/h4-5,9-12H,6-8,17H2,1-3H3,(H,18,19). The molecule has 0 aromatic heterocycles. The molecule has 1 aromatic carbocycles. The Balaban J connectivity index is 2.08. The Morgan fingerprint density at radius 1 is 1.25 bits per heavy atom. The molecule has 1 amide bonds. The molecule has 0 spiro atoms. The van der Waals surface area contributed by atoms with E-state index in [0.717, 1.165) is 12.8 Å². The minimum Gasteiger partial charge on any atom is -0.497 e. The van der Waals surface area contributed by atoms with Gasteiger partial charge < -0.3 is 15.8 Å². The number of carbonyl (C=O) groups is 1. The molecule has 2 atom stereocenters. The van der Waals surface area contributed by atoms with Gasteiger partial charge in [-0.25, -0.2) is 0 Å². The molecule has 1 saturated carbocycles. The van der Waals surface area contributed by atoms with Gasteiger partial charge in [-0.05, 0) is 49.3 Å². The maximum atomic E-state index is 12.4. The van der Waals surface area contributed by atoms with Crippen LogP contribution in [0.4, 0.5) is 5.69 Å². The monoisotopic (exact) mass is 276 g/mol. The fourth-order valence-corrected chi connectivity index (χ4v) is 3.19. The third-order valence-electron chi connectivity index (χ3n) is 4.02. The third-order valence-corrected chi connectivity index (χ3v) is 4.02. The lowest BCUT2D eigenvalue weighted by Gasteiger charge is -2.32. The molecule has 1 aliphatic rings. The van der Waals surface area contributed by atoms with E-state index in [9.17, 15) is 4.79 Å². The quantitative estimate of drug-likeness (QED) is 0.834. The van der Waals surface area contributed by atoms with Gasteiger partial charge in [-0.1, -0.05) is 13.8 Å². The van der Waals surface area contributed by atoms with Crippen molar-refractivity contribution in [1.29, 1.82) is 0 Å². The minimum absolute atomic E-state index is 0.104. The maximum Gasteiger partial charge on any atom is 0.253 e. The van der Waals surface area contributed by atoms with Gasteiger partial charge in [0.1, 0.15) is 5.75 Å². The summed E-state index contributed by atoms with van der Waals surface area (Å²) in [6, 6.07) is 5.41. The van der Waals surface area contributed by atoms with E-state index < -0.39 is 0 Å². The smallest absolute Gasteiger partial charge is 0.253 e. The normalized spacial score (nSPS) is 26.1. The molecule has 1 fully saturated rings. The van der Waals surface area contributed by atoms with Crippen molar-refractivity contribution in [3.05, 3.63) is 23.8 Å². The van der Waals surface area contributed by atoms with Gasteiger partial charge in [-0.15, -0.1) is 0 Å². The van der Waals surface area contributed by atoms with Crippen molar-refractivity contribution in [3.63, 3.8) is 0 Å². The SMILES string of the molecule is COc1ccc(N)c(C(=O)NC2CC(C)CC(C)C2)c1. The number of methoxy groups -OCH3 is 1. The lowest BCUT2D eigenvalue weighted by atomic mass is 9.80. The van der Waals surface area contributed by atoms with Crippen molar-refractivity contribution in [2.45, 2.75) is 39.2 Å². The van der Waals surface area contributed by atoms with Gasteiger partial charge in [-0.2, -0.15) is 0 Å². The Bertz CT molecular complexity index is 477. The molecule has 2 unspecified atom stereocenters. The van der Waals surface area contributed by atoms with Crippen LogP contribution in [0.3, 0.4) is 0 Å². The number of nitrogens with two attached hydrogens (primary N) is 1. The average Bonchev–Trinajstić information content (AvgIpc) is 2.37. The van der Waals surface area contributed by atoms with Crippen LogP contribution >= 0.6 is 0 Å². The summed E-state index contributed by atoms with van der Waals surface area (Å²) in [7, 11) is 1.58. The zero-order valence-corrected chi connectivity index (χ0v) is 12.5. The number of rotatable bonds is 3. The number of amides is 1. The highest BCUT2D eigenvalue weighted by Crippen LogP contribution is 2.29. The van der Waals surface area contributed by atoms with Crippen LogP contribution < -0.4 is 15.8 Å². The second-order valence-corrected chi connectivity index (χ2v) is 6.04. The highest BCUT2D eigenvalue weighted by atomic mass is 16.5. The molecule has 110 valence electrons. The first-order valence-corrected chi connectivity index (χ1v) is 7.24. The highest BCUT2D eigenvalue weighted by Gasteiger charge is 2.25. The van der Waals surface area contributed by atoms with E-state index in [1.807, 2.05) is 0 Å². The van der Waals surface area contributed by atoms with E-state index in [-0.39, 0.29) is 11.9 Å². The number of carbonyl (C=O) groups excluding carboxylic acids is 1. The summed E-state index contributed by atoms with van der Waals surface area (Å²) in [6.45, 7) is 4.49. The third kappa shape index (κ3) is 3.44. The van der Waals surface area contributed by atoms with Crippen molar-refractivity contribution in [1.82, 2.24) is 5.32 Å². The first-order chi connectivity index (χ1) is 9.49. The summed E-state index contributed by atoms with van der Waals surface area (Å²) >= 11 is 0. The van der Waals surface area contributed by atoms with Crippen LogP contribution in [0.1, 0.15) is 43.5 Å². The van der Waals surface area contributed by atoms with Crippen molar-refractivity contribution >= 4 is 11.6 Å². The number of hydrogen-bond donors (Lipinski definition) is 2. The first kappa shape index (κ1) is 14.7. The fraction of sp³-hybridized carbons (Fsp3) is 0.562. The second kappa shape index (κ2) is 6.16. The molecule has 2 rings (SSSR count). The number of nitrogen functional groups attached to an aromatic ring is 1. The predicted molar refractivity (Wildman–Crippen MR) is 80.8 cm³/mol. The van der Waals surface area contributed by atoms with Crippen LogP contribution in [0, 0.1) is 11.8 Å². The lowest BCUT2D eigenvalue weighted by Crippen LogP contribution is -2.40. The number of ether oxygens (including phenoxy) is 1. The molecule has 4 nitrogen and oxygen atoms in total. The zero-order valence-electron chi connectivity index (χ0n) is 12.5. The van der Waals surface area contributed by atoms with Crippen LogP contribution in [-0.4, -0.2) is 19.1 Å². The van der Waals surface area contributed by atoms with Gasteiger partial charge in [0.05, 0.1) is 12.7 Å². The van der Waals surface area contributed by atoms with E-state index in [4.69, 9.17) is 10.5 Å². The van der Waals surface area contributed by atoms with Crippen molar-refractivity contribution < 1.29 is 9.53 Å². The molecule has 0 saturated heterocycles. The molecule has 1 aromatic rings. The summed E-state index contributed by atoms with van der Waals surface area (Å²) in [6.07, 6.45) is 3.33. The Morgan fingerprint density at radius 3 is 2.50 bits per heavy atom. The van der Waals surface area contributed by atoms with Crippen LogP contribution in [-0.2, 0) is 0 Å². The maximum absolute atomic E-state index is 12.4. The molecule has 4 heteroatoms. The number of nitrogens with one attached hydrogen (secondary N) is 1. The molecule has 20 heavy (non-hydrogen) atoms. The summed E-state index contributed by atoms with van der Waals surface area (Å²) < 4.78 is 5.15. The summed E-state index contributed by atoms with van der Waals surface area (Å²) in [5.41, 5.74) is 6.87. The zero-order chi connectivity index (χ0) is 14.7. The van der Waals surface area contributed by atoms with E-state index >= 15 is 0 Å². The Morgan fingerprint density at radius 2 is 1.90 bits per heavy atom. The fourth-order valence-electron chi connectivity index (χ4n) is 3.19. The first-order valence-electron chi connectivity index (χ1n) is 7.24. The number of hydrogen-bond acceptors (Lipinski definition) is 3. The van der Waals surface area contributed by atoms with E-state index in [1.54, 1.807) is 25.3 Å². The van der Waals surface area contributed by atoms with Gasteiger partial charge in [0.2, 0.25) is 0 Å². The molecule has 3 N–H and O–H groups in total. The molecule has 0 aliphatic heterocycles. The summed E-state index contributed by atoms with van der Waals surface area (Å²) in [5.74, 6) is 1.86.